The van der Waals surface area contributed by atoms with Gasteiger partial charge in [-0.05, 0) is 26.0 Å². The standard InChI is InChI=1S/C10H20N2/c1-5-6-10(9(2)3)12-8-7-11-4/h6,11-12H,2,5,7-8H2,1,3-4H3/b10-6+. The summed E-state index contributed by atoms with van der Waals surface area (Å²) in [7, 11) is 1.95. The molecule has 0 saturated heterocycles. The van der Waals surface area contributed by atoms with Crippen molar-refractivity contribution in [3.05, 3.63) is 23.9 Å². The van der Waals surface area contributed by atoms with E-state index in [-0.39, 0.29) is 0 Å². The predicted octanol–water partition coefficient (Wildman–Crippen LogP) is 1.67. The molecule has 2 heteroatoms. The van der Waals surface area contributed by atoms with Crippen LogP contribution >= 0.6 is 0 Å². The van der Waals surface area contributed by atoms with Gasteiger partial charge >= 0.3 is 0 Å². The summed E-state index contributed by atoms with van der Waals surface area (Å²) in [4.78, 5) is 0. The highest BCUT2D eigenvalue weighted by molar-refractivity contribution is 5.24. The maximum Gasteiger partial charge on any atom is 0.0323 e. The molecule has 0 aromatic carbocycles. The molecular formula is C10H20N2. The van der Waals surface area contributed by atoms with Crippen molar-refractivity contribution in [3.63, 3.8) is 0 Å². The Hall–Kier alpha value is -0.760. The van der Waals surface area contributed by atoms with E-state index in [1.54, 1.807) is 0 Å². The Bertz CT molecular complexity index is 159. The third kappa shape index (κ3) is 4.97. The second kappa shape index (κ2) is 6.92. The van der Waals surface area contributed by atoms with Gasteiger partial charge in [-0.2, -0.15) is 0 Å². The predicted molar refractivity (Wildman–Crippen MR) is 55.1 cm³/mol. The molecule has 0 aliphatic carbocycles. The summed E-state index contributed by atoms with van der Waals surface area (Å²) < 4.78 is 0. The third-order valence-corrected chi connectivity index (χ3v) is 1.56. The molecule has 0 aromatic rings. The fourth-order valence-corrected chi connectivity index (χ4v) is 0.924. The van der Waals surface area contributed by atoms with E-state index in [4.69, 9.17) is 0 Å². The van der Waals surface area contributed by atoms with Gasteiger partial charge in [0.2, 0.25) is 0 Å². The van der Waals surface area contributed by atoms with Crippen molar-refractivity contribution >= 4 is 0 Å². The first-order valence-electron chi connectivity index (χ1n) is 4.46. The van der Waals surface area contributed by atoms with Gasteiger partial charge in [0.15, 0.2) is 0 Å². The minimum atomic E-state index is 0.954. The molecule has 12 heavy (non-hydrogen) atoms. The Labute approximate surface area is 75.7 Å². The first-order valence-corrected chi connectivity index (χ1v) is 4.46. The quantitative estimate of drug-likeness (QED) is 0.465. The summed E-state index contributed by atoms with van der Waals surface area (Å²) in [5.41, 5.74) is 2.28. The van der Waals surface area contributed by atoms with Gasteiger partial charge in [0.1, 0.15) is 0 Å². The number of allylic oxidation sites excluding steroid dienone is 2. The molecular weight excluding hydrogens is 148 g/mol. The molecule has 0 radical (unpaired) electrons. The summed E-state index contributed by atoms with van der Waals surface area (Å²) in [6, 6.07) is 0. The molecule has 0 aliphatic heterocycles. The number of hydrogen-bond acceptors (Lipinski definition) is 2. The lowest BCUT2D eigenvalue weighted by Crippen LogP contribution is -2.24. The third-order valence-electron chi connectivity index (χ3n) is 1.56. The van der Waals surface area contributed by atoms with Gasteiger partial charge in [-0.3, -0.25) is 0 Å². The van der Waals surface area contributed by atoms with Crippen molar-refractivity contribution in [2.24, 2.45) is 0 Å². The van der Waals surface area contributed by atoms with E-state index in [2.05, 4.69) is 30.2 Å². The number of rotatable bonds is 6. The van der Waals surface area contributed by atoms with Crippen molar-refractivity contribution in [2.75, 3.05) is 20.1 Å². The average Bonchev–Trinajstić information content (AvgIpc) is 2.03. The van der Waals surface area contributed by atoms with E-state index >= 15 is 0 Å². The maximum absolute atomic E-state index is 3.90. The highest BCUT2D eigenvalue weighted by Crippen LogP contribution is 2.02. The Kier molecular flexibility index (Phi) is 6.48. The lowest BCUT2D eigenvalue weighted by molar-refractivity contribution is 0.719. The van der Waals surface area contributed by atoms with Crippen molar-refractivity contribution in [1.82, 2.24) is 10.6 Å². The minimum absolute atomic E-state index is 0.954. The van der Waals surface area contributed by atoms with E-state index < -0.39 is 0 Å². The lowest BCUT2D eigenvalue weighted by atomic mass is 10.2. The average molecular weight is 168 g/mol. The first kappa shape index (κ1) is 11.2. The molecule has 0 amide bonds. The normalized spacial score (nSPS) is 11.4. The van der Waals surface area contributed by atoms with E-state index in [1.807, 2.05) is 14.0 Å². The fourth-order valence-electron chi connectivity index (χ4n) is 0.924. The van der Waals surface area contributed by atoms with Gasteiger partial charge in [0, 0.05) is 18.8 Å². The Morgan fingerprint density at radius 2 is 2.08 bits per heavy atom. The zero-order chi connectivity index (χ0) is 9.40. The largest absolute Gasteiger partial charge is 0.384 e. The van der Waals surface area contributed by atoms with Crippen LogP contribution in [0, 0.1) is 0 Å². The van der Waals surface area contributed by atoms with Crippen LogP contribution in [0.2, 0.25) is 0 Å². The first-order chi connectivity index (χ1) is 5.72. The van der Waals surface area contributed by atoms with Crippen molar-refractivity contribution < 1.29 is 0 Å². The number of likely N-dealkylation sites (N-methyl/N-ethyl adjacent to an activating group) is 1. The summed E-state index contributed by atoms with van der Waals surface area (Å²) in [6.07, 6.45) is 3.22. The van der Waals surface area contributed by atoms with Crippen LogP contribution in [0.25, 0.3) is 0 Å². The van der Waals surface area contributed by atoms with Gasteiger partial charge in [-0.25, -0.2) is 0 Å². The zero-order valence-corrected chi connectivity index (χ0v) is 8.41. The smallest absolute Gasteiger partial charge is 0.0323 e. The maximum atomic E-state index is 3.90. The molecule has 0 rings (SSSR count). The molecule has 2 nitrogen and oxygen atoms in total. The van der Waals surface area contributed by atoms with Crippen LogP contribution in [0.1, 0.15) is 20.3 Å². The Morgan fingerprint density at radius 3 is 2.50 bits per heavy atom. The second-order valence-corrected chi connectivity index (χ2v) is 2.84. The highest BCUT2D eigenvalue weighted by atomic mass is 14.9. The Balaban J connectivity index is 3.81. The van der Waals surface area contributed by atoms with Gasteiger partial charge < -0.3 is 10.6 Å². The van der Waals surface area contributed by atoms with Crippen LogP contribution in [0.5, 0.6) is 0 Å². The topological polar surface area (TPSA) is 24.1 Å². The van der Waals surface area contributed by atoms with E-state index in [0.29, 0.717) is 0 Å². The molecule has 0 spiro atoms. The molecule has 0 atom stereocenters. The van der Waals surface area contributed by atoms with Crippen molar-refractivity contribution in [1.29, 1.82) is 0 Å². The molecule has 0 aliphatic rings. The summed E-state index contributed by atoms with van der Waals surface area (Å²) in [5, 5.41) is 6.40. The molecule has 0 heterocycles. The molecule has 0 bridgehead atoms. The van der Waals surface area contributed by atoms with Crippen LogP contribution in [0.3, 0.4) is 0 Å². The zero-order valence-electron chi connectivity index (χ0n) is 8.41. The van der Waals surface area contributed by atoms with Gasteiger partial charge in [-0.1, -0.05) is 19.6 Å². The monoisotopic (exact) mass is 168 g/mol. The van der Waals surface area contributed by atoms with Gasteiger partial charge in [0.05, 0.1) is 0 Å². The van der Waals surface area contributed by atoms with Gasteiger partial charge in [-0.15, -0.1) is 0 Å². The summed E-state index contributed by atoms with van der Waals surface area (Å²) >= 11 is 0. The van der Waals surface area contributed by atoms with Crippen LogP contribution in [0.15, 0.2) is 23.9 Å². The van der Waals surface area contributed by atoms with Crippen molar-refractivity contribution in [2.45, 2.75) is 20.3 Å². The Morgan fingerprint density at radius 1 is 1.42 bits per heavy atom. The van der Waals surface area contributed by atoms with Crippen LogP contribution in [-0.2, 0) is 0 Å². The second-order valence-electron chi connectivity index (χ2n) is 2.84. The van der Waals surface area contributed by atoms with Crippen LogP contribution in [-0.4, -0.2) is 20.1 Å². The molecule has 0 unspecified atom stereocenters. The van der Waals surface area contributed by atoms with Crippen LogP contribution < -0.4 is 10.6 Å². The summed E-state index contributed by atoms with van der Waals surface area (Å²) in [6.45, 7) is 9.99. The van der Waals surface area contributed by atoms with E-state index in [0.717, 1.165) is 25.1 Å². The molecule has 0 fully saturated rings. The van der Waals surface area contributed by atoms with E-state index in [1.165, 1.54) is 5.70 Å². The number of nitrogens with one attached hydrogen (secondary N) is 2. The van der Waals surface area contributed by atoms with Gasteiger partial charge in [0.25, 0.3) is 0 Å². The van der Waals surface area contributed by atoms with Crippen LogP contribution in [0.4, 0.5) is 0 Å². The fraction of sp³-hybridized carbons (Fsp3) is 0.600. The molecule has 70 valence electrons. The summed E-state index contributed by atoms with van der Waals surface area (Å²) in [5.74, 6) is 0. The molecule has 2 N–H and O–H groups in total. The molecule has 0 aromatic heterocycles. The highest BCUT2D eigenvalue weighted by Gasteiger charge is 1.94. The van der Waals surface area contributed by atoms with E-state index in [9.17, 15) is 0 Å². The number of hydrogen-bond donors (Lipinski definition) is 2. The lowest BCUT2D eigenvalue weighted by Gasteiger charge is -2.09. The SMILES string of the molecule is C=C(C)/C(=C\CC)NCCNC. The molecule has 0 saturated carbocycles. The minimum Gasteiger partial charge on any atom is -0.384 e. The van der Waals surface area contributed by atoms with Crippen molar-refractivity contribution in [3.8, 4) is 0 Å².